The fraction of sp³-hybridized carbons (Fsp3) is 0.200. The smallest absolute Gasteiger partial charge is 0.156 e. The quantitative estimate of drug-likeness (QED) is 0.854. The van der Waals surface area contributed by atoms with E-state index in [1.807, 2.05) is 25.2 Å². The number of nitrogens with two attached hydrogens (primary N) is 1. The number of aryl methyl sites for hydroxylation is 1. The number of methoxy groups -OCH3 is 1. The maximum atomic E-state index is 5.85. The predicted molar refractivity (Wildman–Crippen MR) is 65.1 cm³/mol. The van der Waals surface area contributed by atoms with Crippen molar-refractivity contribution in [2.75, 3.05) is 12.8 Å². The molecule has 0 atom stereocenters. The van der Waals surface area contributed by atoms with Gasteiger partial charge in [-0.15, -0.1) is 5.10 Å². The highest BCUT2D eigenvalue weighted by atomic mass is 79.9. The molecule has 0 unspecified atom stereocenters. The summed E-state index contributed by atoms with van der Waals surface area (Å²) in [5.74, 6) is 0.662. The van der Waals surface area contributed by atoms with E-state index in [2.05, 4.69) is 26.2 Å². The average Bonchev–Trinajstić information content (AvgIpc) is 2.58. The van der Waals surface area contributed by atoms with Crippen molar-refractivity contribution >= 4 is 21.6 Å². The predicted octanol–water partition coefficient (Wildman–Crippen LogP) is 1.84. The van der Waals surface area contributed by atoms with E-state index in [0.29, 0.717) is 16.0 Å². The number of anilines is 1. The minimum absolute atomic E-state index is 0.591. The number of halogens is 1. The summed E-state index contributed by atoms with van der Waals surface area (Å²) in [5, 5.41) is 7.83. The molecular formula is C10H11BrN4O. The van der Waals surface area contributed by atoms with E-state index in [-0.39, 0.29) is 0 Å². The number of rotatable bonds is 2. The van der Waals surface area contributed by atoms with Gasteiger partial charge >= 0.3 is 0 Å². The third-order valence-electron chi connectivity index (χ3n) is 2.29. The molecule has 0 saturated carbocycles. The first-order chi connectivity index (χ1) is 7.63. The number of hydrogen-bond donors (Lipinski definition) is 1. The van der Waals surface area contributed by atoms with Crippen LogP contribution in [0.4, 0.5) is 5.69 Å². The molecule has 0 amide bonds. The third kappa shape index (κ3) is 1.76. The van der Waals surface area contributed by atoms with Crippen LogP contribution >= 0.6 is 15.9 Å². The third-order valence-corrected chi connectivity index (χ3v) is 2.82. The maximum absolute atomic E-state index is 5.85. The van der Waals surface area contributed by atoms with Gasteiger partial charge in [0.05, 0.1) is 12.8 Å². The van der Waals surface area contributed by atoms with Crippen molar-refractivity contribution in [3.63, 3.8) is 0 Å². The Morgan fingerprint density at radius 2 is 2.19 bits per heavy atom. The molecule has 0 aliphatic rings. The lowest BCUT2D eigenvalue weighted by Crippen LogP contribution is -1.96. The minimum atomic E-state index is 0.591. The van der Waals surface area contributed by atoms with Gasteiger partial charge in [-0.3, -0.25) is 0 Å². The Kier molecular flexibility index (Phi) is 2.82. The van der Waals surface area contributed by atoms with Gasteiger partial charge in [0.1, 0.15) is 11.4 Å². The van der Waals surface area contributed by atoms with Crippen molar-refractivity contribution in [1.82, 2.24) is 15.0 Å². The molecule has 84 valence electrons. The van der Waals surface area contributed by atoms with Crippen LogP contribution in [0.1, 0.15) is 0 Å². The van der Waals surface area contributed by atoms with Gasteiger partial charge in [-0.25, -0.2) is 4.68 Å². The lowest BCUT2D eigenvalue weighted by molar-refractivity contribution is 0.417. The number of nitrogen functional groups attached to an aromatic ring is 1. The normalized spacial score (nSPS) is 10.4. The van der Waals surface area contributed by atoms with E-state index in [1.54, 1.807) is 11.8 Å². The van der Waals surface area contributed by atoms with E-state index in [0.717, 1.165) is 11.3 Å². The monoisotopic (exact) mass is 282 g/mol. The molecule has 16 heavy (non-hydrogen) atoms. The second-order valence-electron chi connectivity index (χ2n) is 3.31. The van der Waals surface area contributed by atoms with Gasteiger partial charge in [-0.2, -0.15) is 0 Å². The second kappa shape index (κ2) is 4.13. The Morgan fingerprint density at radius 1 is 1.44 bits per heavy atom. The first-order valence-electron chi connectivity index (χ1n) is 4.62. The average molecular weight is 283 g/mol. The van der Waals surface area contributed by atoms with E-state index < -0.39 is 0 Å². The molecule has 5 nitrogen and oxygen atoms in total. The van der Waals surface area contributed by atoms with Gasteiger partial charge in [-0.05, 0) is 34.1 Å². The summed E-state index contributed by atoms with van der Waals surface area (Å²) in [6.07, 6.45) is 0. The van der Waals surface area contributed by atoms with Gasteiger partial charge in [0, 0.05) is 12.6 Å². The zero-order valence-corrected chi connectivity index (χ0v) is 10.5. The van der Waals surface area contributed by atoms with E-state index >= 15 is 0 Å². The Morgan fingerprint density at radius 3 is 2.69 bits per heavy atom. The van der Waals surface area contributed by atoms with Crippen LogP contribution in [0.5, 0.6) is 5.75 Å². The van der Waals surface area contributed by atoms with Crippen LogP contribution in [-0.4, -0.2) is 22.1 Å². The van der Waals surface area contributed by atoms with Gasteiger partial charge in [0.15, 0.2) is 4.60 Å². The Bertz CT molecular complexity index is 504. The summed E-state index contributed by atoms with van der Waals surface area (Å²) in [6, 6.07) is 5.57. The molecule has 0 saturated heterocycles. The van der Waals surface area contributed by atoms with E-state index in [1.165, 1.54) is 0 Å². The molecule has 0 fully saturated rings. The molecule has 0 radical (unpaired) electrons. The zero-order valence-electron chi connectivity index (χ0n) is 8.94. The van der Waals surface area contributed by atoms with Gasteiger partial charge in [-0.1, -0.05) is 5.21 Å². The molecule has 2 aromatic rings. The first kappa shape index (κ1) is 10.9. The van der Waals surface area contributed by atoms with Crippen LogP contribution < -0.4 is 10.5 Å². The summed E-state index contributed by atoms with van der Waals surface area (Å²) in [5.41, 5.74) is 8.26. The van der Waals surface area contributed by atoms with Gasteiger partial charge < -0.3 is 10.5 Å². The minimum Gasteiger partial charge on any atom is -0.495 e. The standard InChI is InChI=1S/C10H11BrN4O/c1-15-9(10(11)13-14-15)6-3-4-8(16-2)7(12)5-6/h3-5H,12H2,1-2H3. The number of benzene rings is 1. The highest BCUT2D eigenvalue weighted by molar-refractivity contribution is 9.10. The SMILES string of the molecule is COc1ccc(-c2c(Br)nnn2C)cc1N. The molecule has 2 rings (SSSR count). The molecule has 1 heterocycles. The summed E-state index contributed by atoms with van der Waals surface area (Å²) in [4.78, 5) is 0. The molecule has 0 bridgehead atoms. The van der Waals surface area contributed by atoms with E-state index in [9.17, 15) is 0 Å². The van der Waals surface area contributed by atoms with Crippen molar-refractivity contribution in [3.05, 3.63) is 22.8 Å². The number of nitrogens with zero attached hydrogens (tertiary/aromatic N) is 3. The van der Waals surface area contributed by atoms with Gasteiger partial charge in [0.25, 0.3) is 0 Å². The van der Waals surface area contributed by atoms with Crippen LogP contribution in [0.3, 0.4) is 0 Å². The molecule has 6 heteroatoms. The summed E-state index contributed by atoms with van der Waals surface area (Å²) in [7, 11) is 3.42. The van der Waals surface area contributed by atoms with Crippen LogP contribution in [0.2, 0.25) is 0 Å². The maximum Gasteiger partial charge on any atom is 0.156 e. The largest absolute Gasteiger partial charge is 0.495 e. The summed E-state index contributed by atoms with van der Waals surface area (Å²) < 4.78 is 7.48. The van der Waals surface area contributed by atoms with Crippen LogP contribution in [0, 0.1) is 0 Å². The van der Waals surface area contributed by atoms with Gasteiger partial charge in [0.2, 0.25) is 0 Å². The molecule has 0 spiro atoms. The lowest BCUT2D eigenvalue weighted by Gasteiger charge is -2.07. The lowest BCUT2D eigenvalue weighted by atomic mass is 10.1. The fourth-order valence-electron chi connectivity index (χ4n) is 1.52. The fourth-order valence-corrected chi connectivity index (χ4v) is 2.08. The van der Waals surface area contributed by atoms with Crippen molar-refractivity contribution in [3.8, 4) is 17.0 Å². The molecule has 2 N–H and O–H groups in total. The Labute approximate surface area is 101 Å². The zero-order chi connectivity index (χ0) is 11.7. The summed E-state index contributed by atoms with van der Waals surface area (Å²) in [6.45, 7) is 0. The van der Waals surface area contributed by atoms with Crippen LogP contribution in [0.25, 0.3) is 11.3 Å². The van der Waals surface area contributed by atoms with Crippen molar-refractivity contribution < 1.29 is 4.74 Å². The Balaban J connectivity index is 2.53. The topological polar surface area (TPSA) is 66.0 Å². The molecule has 1 aromatic carbocycles. The molecule has 1 aromatic heterocycles. The number of ether oxygens (including phenoxy) is 1. The highest BCUT2D eigenvalue weighted by Crippen LogP contribution is 2.31. The van der Waals surface area contributed by atoms with Crippen LogP contribution in [0.15, 0.2) is 22.8 Å². The van der Waals surface area contributed by atoms with Crippen LogP contribution in [-0.2, 0) is 7.05 Å². The first-order valence-corrected chi connectivity index (χ1v) is 5.42. The molecular weight excluding hydrogens is 272 g/mol. The Hall–Kier alpha value is -1.56. The van der Waals surface area contributed by atoms with Crippen molar-refractivity contribution in [2.24, 2.45) is 7.05 Å². The second-order valence-corrected chi connectivity index (χ2v) is 4.06. The molecule has 0 aliphatic carbocycles. The van der Waals surface area contributed by atoms with Crippen molar-refractivity contribution in [1.29, 1.82) is 0 Å². The molecule has 0 aliphatic heterocycles. The highest BCUT2D eigenvalue weighted by Gasteiger charge is 2.11. The summed E-state index contributed by atoms with van der Waals surface area (Å²) >= 11 is 3.35. The van der Waals surface area contributed by atoms with E-state index in [4.69, 9.17) is 10.5 Å². The number of hydrogen-bond acceptors (Lipinski definition) is 4. The van der Waals surface area contributed by atoms with Crippen molar-refractivity contribution in [2.45, 2.75) is 0 Å². The number of aromatic nitrogens is 3.